The number of benzene rings is 1. The first-order valence-electron chi connectivity index (χ1n) is 7.21. The molecular formula is C16H18F3N3O2. The summed E-state index contributed by atoms with van der Waals surface area (Å²) >= 11 is 0. The van der Waals surface area contributed by atoms with Gasteiger partial charge in [0.2, 0.25) is 0 Å². The Morgan fingerprint density at radius 3 is 2.29 bits per heavy atom. The van der Waals surface area contributed by atoms with Crippen molar-refractivity contribution < 1.29 is 13.2 Å². The largest absolute Gasteiger partial charge is 0.416 e. The second-order valence-electron chi connectivity index (χ2n) is 5.70. The maximum Gasteiger partial charge on any atom is 0.416 e. The van der Waals surface area contributed by atoms with Crippen molar-refractivity contribution >= 4 is 0 Å². The molecule has 1 aromatic heterocycles. The van der Waals surface area contributed by atoms with Crippen LogP contribution in [0, 0.1) is 0 Å². The third-order valence-corrected chi connectivity index (χ3v) is 3.82. The Morgan fingerprint density at radius 2 is 1.67 bits per heavy atom. The van der Waals surface area contributed by atoms with Crippen LogP contribution >= 0.6 is 0 Å². The third-order valence-electron chi connectivity index (χ3n) is 3.82. The van der Waals surface area contributed by atoms with Crippen molar-refractivity contribution in [2.45, 2.75) is 19.3 Å². The van der Waals surface area contributed by atoms with Gasteiger partial charge in [-0.3, -0.25) is 18.8 Å². The Kier molecular flexibility index (Phi) is 4.98. The molecule has 0 aliphatic carbocycles. The number of nitrogens with zero attached hydrogens (tertiary/aromatic N) is 3. The van der Waals surface area contributed by atoms with Crippen molar-refractivity contribution in [3.8, 4) is 0 Å². The van der Waals surface area contributed by atoms with Gasteiger partial charge in [0.1, 0.15) is 0 Å². The number of hydrogen-bond donors (Lipinski definition) is 0. The molecule has 0 spiro atoms. The van der Waals surface area contributed by atoms with Crippen molar-refractivity contribution in [1.82, 2.24) is 14.0 Å². The van der Waals surface area contributed by atoms with E-state index in [1.54, 1.807) is 18.0 Å². The summed E-state index contributed by atoms with van der Waals surface area (Å²) in [7, 11) is 4.53. The lowest BCUT2D eigenvalue weighted by atomic mass is 10.1. The standard InChI is InChI=1S/C16H18F3N3O2/c1-20(9-11-6-4-5-7-13(11)16(17,18)19)10-12-8-14(23)22(3)15(24)21(12)2/h4-8H,9-10H2,1-3H3. The Morgan fingerprint density at radius 1 is 1.04 bits per heavy atom. The smallest absolute Gasteiger partial charge is 0.299 e. The van der Waals surface area contributed by atoms with E-state index in [-0.39, 0.29) is 18.7 Å². The quantitative estimate of drug-likeness (QED) is 0.851. The molecule has 0 fully saturated rings. The predicted molar refractivity (Wildman–Crippen MR) is 83.5 cm³/mol. The van der Waals surface area contributed by atoms with Crippen LogP contribution in [0.25, 0.3) is 0 Å². The van der Waals surface area contributed by atoms with Gasteiger partial charge in [0, 0.05) is 38.9 Å². The number of rotatable bonds is 4. The van der Waals surface area contributed by atoms with Crippen molar-refractivity contribution in [1.29, 1.82) is 0 Å². The molecule has 24 heavy (non-hydrogen) atoms. The Hall–Kier alpha value is -2.35. The number of aromatic nitrogens is 2. The van der Waals surface area contributed by atoms with E-state index in [9.17, 15) is 22.8 Å². The fourth-order valence-corrected chi connectivity index (χ4v) is 2.49. The van der Waals surface area contributed by atoms with E-state index >= 15 is 0 Å². The summed E-state index contributed by atoms with van der Waals surface area (Å²) in [5.41, 5.74) is -1.02. The van der Waals surface area contributed by atoms with Crippen molar-refractivity contribution in [2.24, 2.45) is 14.1 Å². The van der Waals surface area contributed by atoms with Crippen LogP contribution in [0.3, 0.4) is 0 Å². The van der Waals surface area contributed by atoms with Gasteiger partial charge in [-0.05, 0) is 18.7 Å². The zero-order valence-corrected chi connectivity index (χ0v) is 13.6. The second kappa shape index (κ2) is 6.64. The summed E-state index contributed by atoms with van der Waals surface area (Å²) in [4.78, 5) is 25.2. The average molecular weight is 341 g/mol. The van der Waals surface area contributed by atoms with E-state index < -0.39 is 23.0 Å². The molecule has 0 saturated heterocycles. The Bertz CT molecular complexity index is 853. The van der Waals surface area contributed by atoms with Crippen LogP contribution in [0.5, 0.6) is 0 Å². The fraction of sp³-hybridized carbons (Fsp3) is 0.375. The normalized spacial score (nSPS) is 12.0. The number of halogens is 3. The molecule has 1 heterocycles. The summed E-state index contributed by atoms with van der Waals surface area (Å²) < 4.78 is 41.4. The molecule has 0 aliphatic rings. The number of hydrogen-bond acceptors (Lipinski definition) is 3. The van der Waals surface area contributed by atoms with Gasteiger partial charge < -0.3 is 0 Å². The highest BCUT2D eigenvalue weighted by atomic mass is 19.4. The van der Waals surface area contributed by atoms with E-state index in [1.807, 2.05) is 0 Å². The van der Waals surface area contributed by atoms with E-state index in [4.69, 9.17) is 0 Å². The summed E-state index contributed by atoms with van der Waals surface area (Å²) in [6.07, 6.45) is -4.42. The minimum Gasteiger partial charge on any atom is -0.299 e. The molecule has 0 aliphatic heterocycles. The molecule has 5 nitrogen and oxygen atoms in total. The zero-order valence-electron chi connectivity index (χ0n) is 13.6. The van der Waals surface area contributed by atoms with Crippen LogP contribution < -0.4 is 11.2 Å². The molecule has 130 valence electrons. The molecule has 0 atom stereocenters. The SMILES string of the molecule is CN(Cc1ccccc1C(F)(F)F)Cc1cc(=O)n(C)c(=O)n1C. The molecule has 8 heteroatoms. The molecule has 0 unspecified atom stereocenters. The lowest BCUT2D eigenvalue weighted by Gasteiger charge is -2.21. The third kappa shape index (κ3) is 3.76. The molecule has 2 aromatic rings. The fourth-order valence-electron chi connectivity index (χ4n) is 2.49. The van der Waals surface area contributed by atoms with Crippen LogP contribution in [0.1, 0.15) is 16.8 Å². The monoisotopic (exact) mass is 341 g/mol. The average Bonchev–Trinajstić information content (AvgIpc) is 2.50. The van der Waals surface area contributed by atoms with E-state index in [1.165, 1.54) is 36.9 Å². The van der Waals surface area contributed by atoms with Gasteiger partial charge in [0.25, 0.3) is 5.56 Å². The zero-order chi connectivity index (χ0) is 18.1. The van der Waals surface area contributed by atoms with Gasteiger partial charge in [-0.1, -0.05) is 18.2 Å². The van der Waals surface area contributed by atoms with Crippen LogP contribution in [0.15, 0.2) is 39.9 Å². The van der Waals surface area contributed by atoms with E-state index in [2.05, 4.69) is 0 Å². The summed E-state index contributed by atoms with van der Waals surface area (Å²) in [6, 6.07) is 6.66. The molecule has 0 amide bonds. The first-order valence-corrected chi connectivity index (χ1v) is 7.21. The predicted octanol–water partition coefficient (Wildman–Crippen LogP) is 1.73. The van der Waals surface area contributed by atoms with Crippen LogP contribution in [0.4, 0.5) is 13.2 Å². The van der Waals surface area contributed by atoms with Crippen LogP contribution in [-0.2, 0) is 33.4 Å². The molecule has 0 radical (unpaired) electrons. The van der Waals surface area contributed by atoms with E-state index in [0.29, 0.717) is 5.69 Å². The van der Waals surface area contributed by atoms with Gasteiger partial charge >= 0.3 is 11.9 Å². The van der Waals surface area contributed by atoms with Crippen LogP contribution in [0.2, 0.25) is 0 Å². The maximum absolute atomic E-state index is 13.0. The van der Waals surface area contributed by atoms with Gasteiger partial charge in [0.15, 0.2) is 0 Å². The highest BCUT2D eigenvalue weighted by Crippen LogP contribution is 2.32. The van der Waals surface area contributed by atoms with E-state index in [0.717, 1.165) is 10.6 Å². The molecule has 0 bridgehead atoms. The highest BCUT2D eigenvalue weighted by Gasteiger charge is 2.33. The topological polar surface area (TPSA) is 47.2 Å². The molecule has 1 aromatic carbocycles. The van der Waals surface area contributed by atoms with Crippen molar-refractivity contribution in [3.63, 3.8) is 0 Å². The molecule has 0 saturated carbocycles. The van der Waals surface area contributed by atoms with Crippen LogP contribution in [-0.4, -0.2) is 21.1 Å². The highest BCUT2D eigenvalue weighted by molar-refractivity contribution is 5.29. The molecule has 2 rings (SSSR count). The first kappa shape index (κ1) is 18.0. The number of alkyl halides is 3. The molecular weight excluding hydrogens is 323 g/mol. The minimum atomic E-state index is -4.42. The summed E-state index contributed by atoms with van der Waals surface area (Å²) in [5.74, 6) is 0. The molecule has 0 N–H and O–H groups in total. The van der Waals surface area contributed by atoms with Gasteiger partial charge in [0.05, 0.1) is 5.56 Å². The summed E-state index contributed by atoms with van der Waals surface area (Å²) in [5, 5.41) is 0. The minimum absolute atomic E-state index is 0.0408. The first-order chi connectivity index (χ1) is 11.1. The lowest BCUT2D eigenvalue weighted by molar-refractivity contribution is -0.138. The lowest BCUT2D eigenvalue weighted by Crippen LogP contribution is -2.39. The summed E-state index contributed by atoms with van der Waals surface area (Å²) in [6.45, 7) is 0.215. The van der Waals surface area contributed by atoms with Crippen molar-refractivity contribution in [2.75, 3.05) is 7.05 Å². The second-order valence-corrected chi connectivity index (χ2v) is 5.70. The maximum atomic E-state index is 13.0. The van der Waals surface area contributed by atoms with Gasteiger partial charge in [-0.2, -0.15) is 13.2 Å². The Labute approximate surface area is 136 Å². The van der Waals surface area contributed by atoms with Gasteiger partial charge in [-0.15, -0.1) is 0 Å². The Balaban J connectivity index is 2.26. The van der Waals surface area contributed by atoms with Crippen molar-refractivity contribution in [3.05, 3.63) is 68.0 Å². The van der Waals surface area contributed by atoms with Gasteiger partial charge in [-0.25, -0.2) is 4.79 Å².